The molecule has 0 bridgehead atoms. The second kappa shape index (κ2) is 8.79. The minimum Gasteiger partial charge on any atom is -0.203 e. The molecule has 3 rings (SSSR count). The molecular weight excluding hydrogens is 350 g/mol. The molecule has 0 amide bonds. The van der Waals surface area contributed by atoms with Crippen LogP contribution in [0.1, 0.15) is 41.2 Å². The number of rotatable bonds is 6. The summed E-state index contributed by atoms with van der Waals surface area (Å²) in [5, 5.41) is 0. The molecule has 28 heavy (non-hydrogen) atoms. The molecule has 0 nitrogen and oxygen atoms in total. The zero-order chi connectivity index (χ0) is 20.1. The summed E-state index contributed by atoms with van der Waals surface area (Å²) in [5.41, 5.74) is 5.06. The van der Waals surface area contributed by atoms with Crippen molar-refractivity contribution in [3.05, 3.63) is 101 Å². The third kappa shape index (κ3) is 4.28. The first-order valence-electron chi connectivity index (χ1n) is 9.52. The van der Waals surface area contributed by atoms with E-state index in [1.807, 2.05) is 30.3 Å². The van der Waals surface area contributed by atoms with Crippen LogP contribution in [-0.4, -0.2) is 0 Å². The van der Waals surface area contributed by atoms with Gasteiger partial charge in [-0.25, -0.2) is 8.78 Å². The van der Waals surface area contributed by atoms with Crippen LogP contribution in [0.25, 0.3) is 29.4 Å². The van der Waals surface area contributed by atoms with Crippen molar-refractivity contribution in [2.24, 2.45) is 0 Å². The average Bonchev–Trinajstić information content (AvgIpc) is 2.72. The molecule has 0 aromatic heterocycles. The van der Waals surface area contributed by atoms with Crippen LogP contribution in [-0.2, 0) is 6.42 Å². The third-order valence-corrected chi connectivity index (χ3v) is 4.87. The molecule has 0 saturated carbocycles. The van der Waals surface area contributed by atoms with Crippen LogP contribution in [0.3, 0.4) is 0 Å². The van der Waals surface area contributed by atoms with Crippen molar-refractivity contribution in [1.29, 1.82) is 0 Å². The second-order valence-electron chi connectivity index (χ2n) is 6.93. The predicted octanol–water partition coefficient (Wildman–Crippen LogP) is 7.71. The topological polar surface area (TPSA) is 0 Å². The first-order valence-corrected chi connectivity index (χ1v) is 9.52. The maximum atomic E-state index is 14.8. The van der Waals surface area contributed by atoms with Gasteiger partial charge in [0, 0.05) is 11.1 Å². The Labute approximate surface area is 165 Å². The van der Waals surface area contributed by atoms with Gasteiger partial charge in [0.1, 0.15) is 0 Å². The summed E-state index contributed by atoms with van der Waals surface area (Å²) < 4.78 is 29.5. The first kappa shape index (κ1) is 19.8. The van der Waals surface area contributed by atoms with Gasteiger partial charge < -0.3 is 0 Å². The van der Waals surface area contributed by atoms with Gasteiger partial charge >= 0.3 is 0 Å². The highest BCUT2D eigenvalue weighted by atomic mass is 19.2. The van der Waals surface area contributed by atoms with Gasteiger partial charge in [0.2, 0.25) is 0 Å². The van der Waals surface area contributed by atoms with E-state index < -0.39 is 11.6 Å². The molecule has 3 aromatic rings. The average molecular weight is 374 g/mol. The summed E-state index contributed by atoms with van der Waals surface area (Å²) in [6.45, 7) is 7.65. The molecule has 0 atom stereocenters. The fourth-order valence-electron chi connectivity index (χ4n) is 3.24. The number of hydrogen-bond acceptors (Lipinski definition) is 0. The Morgan fingerprint density at radius 2 is 1.50 bits per heavy atom. The van der Waals surface area contributed by atoms with Crippen LogP contribution in [0, 0.1) is 18.6 Å². The van der Waals surface area contributed by atoms with E-state index in [-0.39, 0.29) is 11.1 Å². The smallest absolute Gasteiger partial charge is 0.167 e. The van der Waals surface area contributed by atoms with Crippen molar-refractivity contribution in [3.8, 4) is 11.1 Å². The number of hydrogen-bond donors (Lipinski definition) is 0. The Hall–Kier alpha value is -3.00. The van der Waals surface area contributed by atoms with Crippen molar-refractivity contribution in [3.63, 3.8) is 0 Å². The van der Waals surface area contributed by atoms with E-state index in [0.29, 0.717) is 11.1 Å². The van der Waals surface area contributed by atoms with Gasteiger partial charge in [-0.05, 0) is 47.2 Å². The lowest BCUT2D eigenvalue weighted by molar-refractivity contribution is 0.508. The molecule has 0 saturated heterocycles. The van der Waals surface area contributed by atoms with Crippen molar-refractivity contribution >= 4 is 18.2 Å². The third-order valence-electron chi connectivity index (χ3n) is 4.87. The number of benzene rings is 3. The van der Waals surface area contributed by atoms with E-state index in [4.69, 9.17) is 0 Å². The van der Waals surface area contributed by atoms with Gasteiger partial charge in [-0.3, -0.25) is 0 Å². The van der Waals surface area contributed by atoms with Crippen molar-refractivity contribution in [2.75, 3.05) is 0 Å². The molecule has 0 aliphatic rings. The number of halogens is 2. The Kier molecular flexibility index (Phi) is 6.20. The maximum absolute atomic E-state index is 14.8. The highest BCUT2D eigenvalue weighted by Crippen LogP contribution is 2.30. The summed E-state index contributed by atoms with van der Waals surface area (Å²) in [6.07, 6.45) is 7.32. The molecule has 3 aromatic carbocycles. The molecule has 0 fully saturated rings. The van der Waals surface area contributed by atoms with Gasteiger partial charge in [0.15, 0.2) is 11.6 Å². The predicted molar refractivity (Wildman–Crippen MR) is 116 cm³/mol. The fraction of sp³-hybridized carbons (Fsp3) is 0.154. The Bertz CT molecular complexity index is 994. The van der Waals surface area contributed by atoms with Crippen LogP contribution in [0.15, 0.2) is 61.2 Å². The fourth-order valence-corrected chi connectivity index (χ4v) is 3.24. The Morgan fingerprint density at radius 1 is 0.857 bits per heavy atom. The summed E-state index contributed by atoms with van der Waals surface area (Å²) >= 11 is 0. The standard InChI is InChI=1S/C26H24F2/c1-4-6-20-7-9-21(10-8-20)13-16-23-18(3)17-24(26(28)25(23)27)22-14-11-19(5-2)12-15-22/h5,7-17H,2,4,6H2,1,3H3/b16-13+. The van der Waals surface area contributed by atoms with Gasteiger partial charge in [-0.2, -0.15) is 0 Å². The highest BCUT2D eigenvalue weighted by molar-refractivity contribution is 5.75. The molecule has 0 aliphatic heterocycles. The van der Waals surface area contributed by atoms with Crippen LogP contribution in [0.4, 0.5) is 8.78 Å². The minimum absolute atomic E-state index is 0.270. The van der Waals surface area contributed by atoms with E-state index in [2.05, 4.69) is 25.6 Å². The lowest BCUT2D eigenvalue weighted by Gasteiger charge is -2.10. The van der Waals surface area contributed by atoms with Crippen LogP contribution in [0.5, 0.6) is 0 Å². The largest absolute Gasteiger partial charge is 0.203 e. The maximum Gasteiger partial charge on any atom is 0.167 e. The molecule has 0 radical (unpaired) electrons. The quantitative estimate of drug-likeness (QED) is 0.388. The number of aryl methyl sites for hydroxylation is 2. The van der Waals surface area contributed by atoms with Gasteiger partial charge in [0.05, 0.1) is 0 Å². The normalized spacial score (nSPS) is 11.1. The Balaban J connectivity index is 1.92. The molecule has 2 heteroatoms. The van der Waals surface area contributed by atoms with E-state index >= 15 is 0 Å². The van der Waals surface area contributed by atoms with Gasteiger partial charge in [0.25, 0.3) is 0 Å². The monoisotopic (exact) mass is 374 g/mol. The molecule has 0 spiro atoms. The summed E-state index contributed by atoms with van der Waals surface area (Å²) in [7, 11) is 0. The SMILES string of the molecule is C=Cc1ccc(-c2cc(C)c(/C=C/c3ccc(CCC)cc3)c(F)c2F)cc1. The lowest BCUT2D eigenvalue weighted by atomic mass is 9.97. The van der Waals surface area contributed by atoms with Crippen molar-refractivity contribution in [2.45, 2.75) is 26.7 Å². The molecule has 0 unspecified atom stereocenters. The Morgan fingerprint density at radius 3 is 2.11 bits per heavy atom. The highest BCUT2D eigenvalue weighted by Gasteiger charge is 2.16. The lowest BCUT2D eigenvalue weighted by Crippen LogP contribution is -1.97. The van der Waals surface area contributed by atoms with E-state index in [1.165, 1.54) is 5.56 Å². The van der Waals surface area contributed by atoms with Gasteiger partial charge in [-0.1, -0.05) is 86.7 Å². The molecular formula is C26H24F2. The molecule has 0 N–H and O–H groups in total. The van der Waals surface area contributed by atoms with E-state index in [9.17, 15) is 8.78 Å². The summed E-state index contributed by atoms with van der Waals surface area (Å²) in [4.78, 5) is 0. The minimum atomic E-state index is -0.824. The van der Waals surface area contributed by atoms with Crippen LogP contribution < -0.4 is 0 Å². The van der Waals surface area contributed by atoms with E-state index in [0.717, 1.165) is 24.0 Å². The zero-order valence-electron chi connectivity index (χ0n) is 16.3. The molecule has 0 heterocycles. The van der Waals surface area contributed by atoms with Crippen molar-refractivity contribution in [1.82, 2.24) is 0 Å². The first-order chi connectivity index (χ1) is 13.5. The summed E-state index contributed by atoms with van der Waals surface area (Å²) in [6, 6.07) is 17.1. The van der Waals surface area contributed by atoms with E-state index in [1.54, 1.807) is 37.3 Å². The summed E-state index contributed by atoms with van der Waals surface area (Å²) in [5.74, 6) is -1.64. The second-order valence-corrected chi connectivity index (χ2v) is 6.93. The molecule has 0 aliphatic carbocycles. The molecule has 142 valence electrons. The van der Waals surface area contributed by atoms with Crippen LogP contribution in [0.2, 0.25) is 0 Å². The zero-order valence-corrected chi connectivity index (χ0v) is 16.3. The van der Waals surface area contributed by atoms with Crippen molar-refractivity contribution < 1.29 is 8.78 Å². The van der Waals surface area contributed by atoms with Crippen LogP contribution >= 0.6 is 0 Å². The van der Waals surface area contributed by atoms with Gasteiger partial charge in [-0.15, -0.1) is 0 Å².